The van der Waals surface area contributed by atoms with Crippen LogP contribution >= 0.6 is 11.3 Å². The number of carbonyl (C=O) groups is 1. The highest BCUT2D eigenvalue weighted by Gasteiger charge is 2.21. The van der Waals surface area contributed by atoms with Crippen LogP contribution in [0.3, 0.4) is 0 Å². The van der Waals surface area contributed by atoms with Gasteiger partial charge >= 0.3 is 0 Å². The first kappa shape index (κ1) is 20.7. The van der Waals surface area contributed by atoms with Crippen LogP contribution in [-0.4, -0.2) is 17.1 Å². The van der Waals surface area contributed by atoms with Gasteiger partial charge in [0, 0.05) is 5.56 Å². The molecule has 8 heteroatoms. The maximum Gasteiger partial charge on any atom is 0.280 e. The second-order valence-electron chi connectivity index (χ2n) is 7.35. The molecule has 0 atom stereocenters. The normalized spacial score (nSPS) is 11.5. The molecule has 2 heterocycles. The van der Waals surface area contributed by atoms with Gasteiger partial charge in [0.2, 0.25) is 10.6 Å². The molecule has 0 radical (unpaired) electrons. The molecule has 5 rings (SSSR count). The number of halogens is 1. The number of aromatic nitrogens is 1. The Balaban J connectivity index is 1.60. The Morgan fingerprint density at radius 3 is 2.73 bits per heavy atom. The number of fused-ring (bicyclic) bond motifs is 2. The molecule has 0 saturated carbocycles. The molecule has 0 aliphatic rings. The molecule has 0 N–H and O–H groups in total. The van der Waals surface area contributed by atoms with Crippen molar-refractivity contribution < 1.29 is 13.6 Å². The van der Waals surface area contributed by atoms with Crippen LogP contribution in [0.1, 0.15) is 21.5 Å². The van der Waals surface area contributed by atoms with Gasteiger partial charge in [-0.2, -0.15) is 10.1 Å². The van der Waals surface area contributed by atoms with E-state index in [1.54, 1.807) is 24.3 Å². The maximum atomic E-state index is 13.4. The van der Waals surface area contributed by atoms with E-state index in [1.807, 2.05) is 25.1 Å². The first-order valence-corrected chi connectivity index (χ1v) is 10.8. The molecule has 0 saturated heterocycles. The fraction of sp³-hybridized carbons (Fsp3) is 0.0400. The van der Waals surface area contributed by atoms with Gasteiger partial charge in [-0.3, -0.25) is 9.59 Å². The summed E-state index contributed by atoms with van der Waals surface area (Å²) in [5.41, 5.74) is 2.39. The highest BCUT2D eigenvalue weighted by atomic mass is 32.1. The van der Waals surface area contributed by atoms with Gasteiger partial charge in [0.25, 0.3) is 5.91 Å². The average molecular weight is 457 g/mol. The van der Waals surface area contributed by atoms with E-state index in [1.165, 1.54) is 48.1 Å². The number of benzene rings is 3. The van der Waals surface area contributed by atoms with Crippen LogP contribution in [0.25, 0.3) is 21.2 Å². The molecule has 0 spiro atoms. The van der Waals surface area contributed by atoms with Gasteiger partial charge < -0.3 is 4.42 Å². The summed E-state index contributed by atoms with van der Waals surface area (Å²) in [6, 6.07) is 17.8. The number of anilines is 1. The van der Waals surface area contributed by atoms with Crippen LogP contribution in [0.15, 0.2) is 87.3 Å². The van der Waals surface area contributed by atoms with E-state index in [-0.39, 0.29) is 16.6 Å². The number of thiazole rings is 1. The molecule has 0 aliphatic carbocycles. The topological polar surface area (TPSA) is 75.8 Å². The summed E-state index contributed by atoms with van der Waals surface area (Å²) in [5.74, 6) is -0.960. The third-order valence-corrected chi connectivity index (χ3v) is 6.01. The monoisotopic (exact) mass is 457 g/mol. The van der Waals surface area contributed by atoms with Gasteiger partial charge in [-0.05, 0) is 61.0 Å². The van der Waals surface area contributed by atoms with Crippen LogP contribution in [0, 0.1) is 12.7 Å². The summed E-state index contributed by atoms with van der Waals surface area (Å²) in [6.07, 6.45) is 2.58. The fourth-order valence-electron chi connectivity index (χ4n) is 3.32. The molecule has 3 aromatic carbocycles. The number of hydrogen-bond acceptors (Lipinski definition) is 6. The molecule has 1 amide bonds. The number of carbonyl (C=O) groups excluding carboxylic acids is 1. The van der Waals surface area contributed by atoms with E-state index in [2.05, 4.69) is 10.1 Å². The Labute approximate surface area is 191 Å². The van der Waals surface area contributed by atoms with E-state index in [0.29, 0.717) is 16.1 Å². The molecular weight excluding hydrogens is 441 g/mol. The number of amides is 1. The third-order valence-electron chi connectivity index (χ3n) is 5.02. The number of hydrazone groups is 1. The standard InChI is InChI=1S/C25H16FN3O3S/c1-15-6-11-20-22(12-15)33-25(28-20)29(24(31)16-7-9-18(26)10-8-16)27-13-17-14-32-21-5-3-2-4-19(21)23(17)30/h2-14H,1H3/b27-13+. The van der Waals surface area contributed by atoms with Crippen molar-refractivity contribution in [2.75, 3.05) is 5.01 Å². The molecule has 0 unspecified atom stereocenters. The number of rotatable bonds is 4. The predicted molar refractivity (Wildman–Crippen MR) is 128 cm³/mol. The number of aryl methyl sites for hydroxylation is 1. The quantitative estimate of drug-likeness (QED) is 0.263. The molecule has 0 aliphatic heterocycles. The van der Waals surface area contributed by atoms with Gasteiger partial charge in [-0.1, -0.05) is 29.5 Å². The third kappa shape index (κ3) is 4.04. The van der Waals surface area contributed by atoms with Crippen LogP contribution in [-0.2, 0) is 0 Å². The molecule has 2 aromatic heterocycles. The van der Waals surface area contributed by atoms with Crippen molar-refractivity contribution in [3.8, 4) is 0 Å². The first-order valence-electron chi connectivity index (χ1n) is 10.0. The summed E-state index contributed by atoms with van der Waals surface area (Å²) < 4.78 is 19.8. The number of nitrogens with zero attached hydrogens (tertiary/aromatic N) is 3. The van der Waals surface area contributed by atoms with Crippen molar-refractivity contribution in [2.45, 2.75) is 6.92 Å². The zero-order valence-electron chi connectivity index (χ0n) is 17.4. The van der Waals surface area contributed by atoms with Gasteiger partial charge in [-0.25, -0.2) is 9.37 Å². The van der Waals surface area contributed by atoms with Gasteiger partial charge in [0.1, 0.15) is 17.7 Å². The summed E-state index contributed by atoms with van der Waals surface area (Å²) in [4.78, 5) is 30.6. The van der Waals surface area contributed by atoms with E-state index < -0.39 is 11.7 Å². The molecule has 0 bridgehead atoms. The Kier molecular flexibility index (Phi) is 5.27. The number of hydrogen-bond donors (Lipinski definition) is 0. The van der Waals surface area contributed by atoms with E-state index in [4.69, 9.17) is 4.42 Å². The predicted octanol–water partition coefficient (Wildman–Crippen LogP) is 5.53. The van der Waals surface area contributed by atoms with Gasteiger partial charge in [0.05, 0.1) is 27.4 Å². The van der Waals surface area contributed by atoms with Crippen LogP contribution in [0.4, 0.5) is 9.52 Å². The van der Waals surface area contributed by atoms with Crippen molar-refractivity contribution in [2.24, 2.45) is 5.10 Å². The Bertz CT molecular complexity index is 1590. The molecule has 6 nitrogen and oxygen atoms in total. The lowest BCUT2D eigenvalue weighted by molar-refractivity contribution is 0.0988. The largest absolute Gasteiger partial charge is 0.463 e. The molecular formula is C25H16FN3O3S. The lowest BCUT2D eigenvalue weighted by Gasteiger charge is -2.13. The highest BCUT2D eigenvalue weighted by Crippen LogP contribution is 2.30. The van der Waals surface area contributed by atoms with E-state index >= 15 is 0 Å². The van der Waals surface area contributed by atoms with Crippen LogP contribution in [0.5, 0.6) is 0 Å². The highest BCUT2D eigenvalue weighted by molar-refractivity contribution is 7.22. The lowest BCUT2D eigenvalue weighted by Crippen LogP contribution is -2.26. The summed E-state index contributed by atoms with van der Waals surface area (Å²) >= 11 is 1.29. The van der Waals surface area contributed by atoms with Crippen molar-refractivity contribution in [3.63, 3.8) is 0 Å². The van der Waals surface area contributed by atoms with Crippen LogP contribution < -0.4 is 10.4 Å². The van der Waals surface area contributed by atoms with Crippen LogP contribution in [0.2, 0.25) is 0 Å². The molecule has 0 fully saturated rings. The second-order valence-corrected chi connectivity index (χ2v) is 8.36. The molecule has 33 heavy (non-hydrogen) atoms. The van der Waals surface area contributed by atoms with Crippen molar-refractivity contribution in [1.82, 2.24) is 4.98 Å². The zero-order chi connectivity index (χ0) is 22.9. The Morgan fingerprint density at radius 1 is 1.12 bits per heavy atom. The Morgan fingerprint density at radius 2 is 1.91 bits per heavy atom. The SMILES string of the molecule is Cc1ccc2nc(N(/N=C/c3coc4ccccc4c3=O)C(=O)c3ccc(F)cc3)sc2c1. The number of para-hydroxylation sites is 1. The summed E-state index contributed by atoms with van der Waals surface area (Å²) in [7, 11) is 0. The fourth-order valence-corrected chi connectivity index (χ4v) is 4.34. The Hall–Kier alpha value is -4.17. The molecule has 5 aromatic rings. The van der Waals surface area contributed by atoms with Crippen molar-refractivity contribution in [1.29, 1.82) is 0 Å². The van der Waals surface area contributed by atoms with Gasteiger partial charge in [0.15, 0.2) is 0 Å². The van der Waals surface area contributed by atoms with Crippen molar-refractivity contribution in [3.05, 3.63) is 106 Å². The zero-order valence-corrected chi connectivity index (χ0v) is 18.2. The lowest BCUT2D eigenvalue weighted by atomic mass is 10.2. The van der Waals surface area contributed by atoms with Gasteiger partial charge in [-0.15, -0.1) is 0 Å². The van der Waals surface area contributed by atoms with E-state index in [9.17, 15) is 14.0 Å². The smallest absolute Gasteiger partial charge is 0.280 e. The minimum Gasteiger partial charge on any atom is -0.463 e. The average Bonchev–Trinajstić information content (AvgIpc) is 3.24. The van der Waals surface area contributed by atoms with Crippen molar-refractivity contribution >= 4 is 49.8 Å². The first-order chi connectivity index (χ1) is 16.0. The summed E-state index contributed by atoms with van der Waals surface area (Å²) in [5, 5.41) is 6.15. The second kappa shape index (κ2) is 8.40. The molecule has 162 valence electrons. The minimum absolute atomic E-state index is 0.183. The minimum atomic E-state index is -0.507. The van der Waals surface area contributed by atoms with E-state index in [0.717, 1.165) is 20.8 Å². The maximum absolute atomic E-state index is 13.4. The summed E-state index contributed by atoms with van der Waals surface area (Å²) in [6.45, 7) is 1.97.